The zero-order chi connectivity index (χ0) is 12.3. The summed E-state index contributed by atoms with van der Waals surface area (Å²) in [7, 11) is 0. The molecule has 0 spiro atoms. The first-order valence-corrected chi connectivity index (χ1v) is 6.74. The lowest BCUT2D eigenvalue weighted by atomic mass is 9.98. The first-order chi connectivity index (χ1) is 8.05. The van der Waals surface area contributed by atoms with Gasteiger partial charge < -0.3 is 4.74 Å². The molecule has 0 aromatic carbocycles. The summed E-state index contributed by atoms with van der Waals surface area (Å²) in [5.74, 6) is 1.01. The highest BCUT2D eigenvalue weighted by molar-refractivity contribution is 5.13. The number of rotatable bonds is 2. The number of pyridine rings is 1. The molecule has 0 N–H and O–H groups in total. The molecule has 1 aliphatic carbocycles. The Morgan fingerprint density at radius 3 is 2.53 bits per heavy atom. The van der Waals surface area contributed by atoms with Crippen molar-refractivity contribution < 1.29 is 9.30 Å². The molecule has 0 atom stereocenters. The van der Waals surface area contributed by atoms with Crippen LogP contribution in [0.4, 0.5) is 0 Å². The van der Waals surface area contributed by atoms with Gasteiger partial charge in [-0.3, -0.25) is 0 Å². The fourth-order valence-corrected chi connectivity index (χ4v) is 2.32. The lowest BCUT2D eigenvalue weighted by Crippen LogP contribution is -2.49. The van der Waals surface area contributed by atoms with Crippen LogP contribution in [0, 0.1) is 0 Å². The second-order valence-electron chi connectivity index (χ2n) is 6.00. The van der Waals surface area contributed by atoms with E-state index in [4.69, 9.17) is 4.74 Å². The van der Waals surface area contributed by atoms with Gasteiger partial charge in [-0.2, -0.15) is 4.57 Å². The van der Waals surface area contributed by atoms with Crippen LogP contribution in [0.5, 0.6) is 5.75 Å². The number of hydrogen-bond acceptors (Lipinski definition) is 1. The summed E-state index contributed by atoms with van der Waals surface area (Å²) in [6.45, 7) is 6.62. The van der Waals surface area contributed by atoms with Crippen LogP contribution >= 0.6 is 0 Å². The Balaban J connectivity index is 2.05. The highest BCUT2D eigenvalue weighted by Crippen LogP contribution is 2.22. The van der Waals surface area contributed by atoms with E-state index < -0.39 is 0 Å². The van der Waals surface area contributed by atoms with E-state index in [1.54, 1.807) is 0 Å². The number of aromatic nitrogens is 1. The third kappa shape index (κ3) is 3.45. The van der Waals surface area contributed by atoms with Crippen LogP contribution in [0.3, 0.4) is 0 Å². The molecular weight excluding hydrogens is 210 g/mol. The van der Waals surface area contributed by atoms with Gasteiger partial charge in [-0.05, 0) is 31.7 Å². The second-order valence-corrected chi connectivity index (χ2v) is 6.00. The quantitative estimate of drug-likeness (QED) is 0.714. The molecule has 2 heteroatoms. The Kier molecular flexibility index (Phi) is 3.70. The molecule has 1 aromatic rings. The Morgan fingerprint density at radius 2 is 1.88 bits per heavy atom. The van der Waals surface area contributed by atoms with Crippen molar-refractivity contribution in [3.05, 3.63) is 24.5 Å². The molecule has 1 saturated carbocycles. The predicted octanol–water partition coefficient (Wildman–Crippen LogP) is 3.44. The average Bonchev–Trinajstić information content (AvgIpc) is 2.29. The molecule has 1 heterocycles. The zero-order valence-electron chi connectivity index (χ0n) is 11.3. The fourth-order valence-electron chi connectivity index (χ4n) is 2.32. The third-order valence-electron chi connectivity index (χ3n) is 3.40. The van der Waals surface area contributed by atoms with Gasteiger partial charge in [0.25, 0.3) is 0 Å². The van der Waals surface area contributed by atoms with Gasteiger partial charge in [-0.1, -0.05) is 6.42 Å². The van der Waals surface area contributed by atoms with Crippen molar-refractivity contribution in [2.24, 2.45) is 0 Å². The summed E-state index contributed by atoms with van der Waals surface area (Å²) in [6.07, 6.45) is 11.1. The lowest BCUT2D eigenvalue weighted by Gasteiger charge is -2.22. The molecule has 0 unspecified atom stereocenters. The van der Waals surface area contributed by atoms with E-state index in [-0.39, 0.29) is 5.54 Å². The maximum atomic E-state index is 6.07. The maximum absolute atomic E-state index is 6.07. The van der Waals surface area contributed by atoms with E-state index in [1.807, 2.05) is 0 Å². The Bertz CT molecular complexity index is 361. The van der Waals surface area contributed by atoms with E-state index in [0.717, 1.165) is 5.75 Å². The van der Waals surface area contributed by atoms with Crippen molar-refractivity contribution >= 4 is 0 Å². The van der Waals surface area contributed by atoms with Crippen LogP contribution in [-0.4, -0.2) is 6.10 Å². The molecule has 1 fully saturated rings. The van der Waals surface area contributed by atoms with Crippen LogP contribution in [-0.2, 0) is 5.54 Å². The minimum atomic E-state index is 0.117. The molecule has 2 nitrogen and oxygen atoms in total. The van der Waals surface area contributed by atoms with Crippen molar-refractivity contribution in [1.29, 1.82) is 0 Å². The molecule has 1 aliphatic rings. The minimum Gasteiger partial charge on any atom is -0.484 e. The molecule has 0 aliphatic heterocycles. The highest BCUT2D eigenvalue weighted by Gasteiger charge is 2.22. The highest BCUT2D eigenvalue weighted by atomic mass is 16.5. The molecule has 1 aromatic heterocycles. The van der Waals surface area contributed by atoms with Gasteiger partial charge >= 0.3 is 0 Å². The molecule has 0 radical (unpaired) electrons. The first-order valence-electron chi connectivity index (χ1n) is 6.74. The predicted molar refractivity (Wildman–Crippen MR) is 69.1 cm³/mol. The van der Waals surface area contributed by atoms with Gasteiger partial charge in [0.2, 0.25) is 6.20 Å². The van der Waals surface area contributed by atoms with E-state index in [9.17, 15) is 0 Å². The van der Waals surface area contributed by atoms with Crippen LogP contribution < -0.4 is 9.30 Å². The van der Waals surface area contributed by atoms with Crippen LogP contribution in [0.1, 0.15) is 52.9 Å². The minimum absolute atomic E-state index is 0.117. The summed E-state index contributed by atoms with van der Waals surface area (Å²) in [5, 5.41) is 0. The summed E-state index contributed by atoms with van der Waals surface area (Å²) < 4.78 is 8.28. The van der Waals surface area contributed by atoms with Gasteiger partial charge in [0.1, 0.15) is 0 Å². The van der Waals surface area contributed by atoms with Crippen LogP contribution in [0.15, 0.2) is 24.5 Å². The topological polar surface area (TPSA) is 13.1 Å². The van der Waals surface area contributed by atoms with E-state index in [0.29, 0.717) is 6.10 Å². The molecule has 94 valence electrons. The smallest absolute Gasteiger partial charge is 0.211 e. The normalized spacial score (nSPS) is 18.1. The molecule has 0 saturated heterocycles. The Morgan fingerprint density at radius 1 is 1.18 bits per heavy atom. The zero-order valence-corrected chi connectivity index (χ0v) is 11.3. The summed E-state index contributed by atoms with van der Waals surface area (Å²) in [6, 6.07) is 4.14. The molecule has 2 rings (SSSR count). The van der Waals surface area contributed by atoms with Gasteiger partial charge in [0, 0.05) is 26.8 Å². The number of hydrogen-bond donors (Lipinski definition) is 0. The summed E-state index contributed by atoms with van der Waals surface area (Å²) in [5.41, 5.74) is 0.117. The van der Waals surface area contributed by atoms with Crippen molar-refractivity contribution in [2.75, 3.05) is 0 Å². The molecule has 0 amide bonds. The van der Waals surface area contributed by atoms with E-state index in [1.165, 1.54) is 32.1 Å². The van der Waals surface area contributed by atoms with Crippen molar-refractivity contribution in [3.8, 4) is 5.75 Å². The molecule has 0 bridgehead atoms. The van der Waals surface area contributed by atoms with Gasteiger partial charge in [-0.15, -0.1) is 0 Å². The maximum Gasteiger partial charge on any atom is 0.211 e. The van der Waals surface area contributed by atoms with E-state index in [2.05, 4.69) is 49.9 Å². The SMILES string of the molecule is CC(C)(C)[n+]1cccc(OC2CCCCC2)c1. The standard InChI is InChI=1S/C15H24NO/c1-15(2,3)16-11-7-10-14(12-16)17-13-8-5-4-6-9-13/h7,10-13H,4-6,8-9H2,1-3H3/q+1. The largest absolute Gasteiger partial charge is 0.484 e. The number of ether oxygens (including phenoxy) is 1. The monoisotopic (exact) mass is 234 g/mol. The van der Waals surface area contributed by atoms with Gasteiger partial charge in [0.05, 0.1) is 6.10 Å². The fraction of sp³-hybridized carbons (Fsp3) is 0.667. The van der Waals surface area contributed by atoms with Crippen LogP contribution in [0.25, 0.3) is 0 Å². The van der Waals surface area contributed by atoms with Gasteiger partial charge in [-0.25, -0.2) is 0 Å². The van der Waals surface area contributed by atoms with Gasteiger partial charge in [0.15, 0.2) is 17.5 Å². The second kappa shape index (κ2) is 5.07. The molecular formula is C15H24NO+. The summed E-state index contributed by atoms with van der Waals surface area (Å²) in [4.78, 5) is 0. The summed E-state index contributed by atoms with van der Waals surface area (Å²) >= 11 is 0. The first kappa shape index (κ1) is 12.4. The van der Waals surface area contributed by atoms with Crippen LogP contribution in [0.2, 0.25) is 0 Å². The average molecular weight is 234 g/mol. The third-order valence-corrected chi connectivity index (χ3v) is 3.40. The van der Waals surface area contributed by atoms with Crippen molar-refractivity contribution in [3.63, 3.8) is 0 Å². The molecule has 17 heavy (non-hydrogen) atoms. The van der Waals surface area contributed by atoms with Crippen molar-refractivity contribution in [1.82, 2.24) is 0 Å². The Labute approximate surface area is 105 Å². The lowest BCUT2D eigenvalue weighted by molar-refractivity contribution is -0.754. The van der Waals surface area contributed by atoms with Crippen molar-refractivity contribution in [2.45, 2.75) is 64.5 Å². The Hall–Kier alpha value is -1.05. The number of nitrogens with zero attached hydrogens (tertiary/aromatic N) is 1. The van der Waals surface area contributed by atoms with E-state index >= 15 is 0 Å².